The number of likely N-dealkylation sites (tertiary alicyclic amines) is 1. The predicted octanol–water partition coefficient (Wildman–Crippen LogP) is 3.64. The highest BCUT2D eigenvalue weighted by atomic mass is 32.2. The molecule has 0 bridgehead atoms. The maximum atomic E-state index is 12.3. The van der Waals surface area contributed by atoms with Gasteiger partial charge in [0.25, 0.3) is 0 Å². The van der Waals surface area contributed by atoms with Gasteiger partial charge in [0.05, 0.1) is 5.75 Å². The van der Waals surface area contributed by atoms with E-state index in [1.54, 1.807) is 17.7 Å². The number of thiophene rings is 1. The number of piperidine rings is 1. The summed E-state index contributed by atoms with van der Waals surface area (Å²) in [5, 5.41) is 5.10. The van der Waals surface area contributed by atoms with Crippen molar-refractivity contribution in [1.29, 1.82) is 0 Å². The van der Waals surface area contributed by atoms with E-state index in [1.165, 1.54) is 35.0 Å². The Bertz CT molecular complexity index is 776. The zero-order valence-corrected chi connectivity index (χ0v) is 17.7. The van der Waals surface area contributed by atoms with Crippen LogP contribution in [0.4, 0.5) is 0 Å². The van der Waals surface area contributed by atoms with Gasteiger partial charge in [0.2, 0.25) is 5.91 Å². The van der Waals surface area contributed by atoms with Gasteiger partial charge in [0.1, 0.15) is 16.2 Å². The number of rotatable bonds is 6. The van der Waals surface area contributed by atoms with Crippen molar-refractivity contribution in [2.75, 3.05) is 25.4 Å². The number of carbonyl (C=O) groups is 1. The largest absolute Gasteiger partial charge is 0.354 e. The second-order valence-electron chi connectivity index (χ2n) is 7.33. The lowest BCUT2D eigenvalue weighted by atomic mass is 9.99. The molecule has 0 aliphatic carbocycles. The molecule has 2 unspecified atom stereocenters. The highest BCUT2D eigenvalue weighted by molar-refractivity contribution is 8.00. The van der Waals surface area contributed by atoms with Gasteiger partial charge in [-0.1, -0.05) is 18.7 Å². The zero-order chi connectivity index (χ0) is 18.7. The first-order valence-corrected chi connectivity index (χ1v) is 11.1. The second kappa shape index (κ2) is 8.67. The standard InChI is InChI=1S/C19H28N4OS2/c1-12-6-5-7-23(9-12)13(2)8-20-16(24)10-25-18-17-14(3)15(4)26-19(17)22-11-21-18/h11-13H,5-10H2,1-4H3,(H,20,24). The second-order valence-corrected chi connectivity index (χ2v) is 9.49. The van der Waals surface area contributed by atoms with Gasteiger partial charge < -0.3 is 5.32 Å². The molecule has 1 fully saturated rings. The first-order valence-electron chi connectivity index (χ1n) is 9.30. The topological polar surface area (TPSA) is 58.1 Å². The quantitative estimate of drug-likeness (QED) is 0.601. The van der Waals surface area contributed by atoms with Crippen LogP contribution in [0.15, 0.2) is 11.4 Å². The molecule has 7 heteroatoms. The fraction of sp³-hybridized carbons (Fsp3) is 0.632. The summed E-state index contributed by atoms with van der Waals surface area (Å²) in [6.45, 7) is 11.7. The third-order valence-corrected chi connectivity index (χ3v) is 7.28. The van der Waals surface area contributed by atoms with Crippen molar-refractivity contribution < 1.29 is 4.79 Å². The van der Waals surface area contributed by atoms with Gasteiger partial charge in [0, 0.05) is 29.4 Å². The van der Waals surface area contributed by atoms with Crippen molar-refractivity contribution in [2.24, 2.45) is 5.92 Å². The summed E-state index contributed by atoms with van der Waals surface area (Å²) in [7, 11) is 0. The Kier molecular flexibility index (Phi) is 6.53. The summed E-state index contributed by atoms with van der Waals surface area (Å²) in [5.41, 5.74) is 1.22. The summed E-state index contributed by atoms with van der Waals surface area (Å²) in [6.07, 6.45) is 4.18. The molecule has 5 nitrogen and oxygen atoms in total. The normalized spacial score (nSPS) is 19.6. The number of fused-ring (bicyclic) bond motifs is 1. The van der Waals surface area contributed by atoms with Gasteiger partial charge in [-0.2, -0.15) is 0 Å². The minimum atomic E-state index is 0.0725. The van der Waals surface area contributed by atoms with E-state index in [4.69, 9.17) is 0 Å². The fourth-order valence-corrected chi connectivity index (χ4v) is 5.41. The molecule has 0 aromatic carbocycles. The SMILES string of the molecule is Cc1sc2ncnc(SCC(=O)NCC(C)N3CCCC(C)C3)c2c1C. The van der Waals surface area contributed by atoms with Crippen LogP contribution in [0.25, 0.3) is 10.2 Å². The summed E-state index contributed by atoms with van der Waals surface area (Å²) < 4.78 is 0. The zero-order valence-electron chi connectivity index (χ0n) is 16.0. The van der Waals surface area contributed by atoms with Crippen LogP contribution < -0.4 is 5.32 Å². The van der Waals surface area contributed by atoms with E-state index in [0.717, 1.165) is 34.2 Å². The van der Waals surface area contributed by atoms with Crippen LogP contribution in [0, 0.1) is 19.8 Å². The van der Waals surface area contributed by atoms with Crippen LogP contribution in [0.3, 0.4) is 0 Å². The lowest BCUT2D eigenvalue weighted by molar-refractivity contribution is -0.118. The Morgan fingerprint density at radius 2 is 2.27 bits per heavy atom. The monoisotopic (exact) mass is 392 g/mol. The van der Waals surface area contributed by atoms with Crippen molar-refractivity contribution in [3.05, 3.63) is 16.8 Å². The molecular weight excluding hydrogens is 364 g/mol. The van der Waals surface area contributed by atoms with Gasteiger partial charge in [0.15, 0.2) is 0 Å². The molecule has 142 valence electrons. The number of hydrogen-bond donors (Lipinski definition) is 1. The molecule has 1 amide bonds. The lowest BCUT2D eigenvalue weighted by Crippen LogP contribution is -2.46. The molecule has 3 rings (SSSR count). The molecule has 3 heterocycles. The van der Waals surface area contributed by atoms with E-state index >= 15 is 0 Å². The van der Waals surface area contributed by atoms with E-state index in [1.807, 2.05) is 0 Å². The van der Waals surface area contributed by atoms with Crippen LogP contribution in [-0.4, -0.2) is 52.2 Å². The van der Waals surface area contributed by atoms with Crippen LogP contribution >= 0.6 is 23.1 Å². The lowest BCUT2D eigenvalue weighted by Gasteiger charge is -2.35. The number of amides is 1. The number of nitrogens with one attached hydrogen (secondary N) is 1. The molecule has 1 N–H and O–H groups in total. The van der Waals surface area contributed by atoms with Crippen molar-refractivity contribution in [3.63, 3.8) is 0 Å². The Labute approximate surface area is 164 Å². The molecular formula is C19H28N4OS2. The smallest absolute Gasteiger partial charge is 0.230 e. The maximum Gasteiger partial charge on any atom is 0.230 e. The summed E-state index contributed by atoms with van der Waals surface area (Å²) in [4.78, 5) is 25.8. The Morgan fingerprint density at radius 1 is 1.46 bits per heavy atom. The van der Waals surface area contributed by atoms with Gasteiger partial charge in [-0.15, -0.1) is 11.3 Å². The number of thioether (sulfide) groups is 1. The van der Waals surface area contributed by atoms with Crippen LogP contribution in [0.1, 0.15) is 37.1 Å². The number of nitrogens with zero attached hydrogens (tertiary/aromatic N) is 3. The van der Waals surface area contributed by atoms with Crippen molar-refractivity contribution in [2.45, 2.75) is 51.6 Å². The molecule has 0 radical (unpaired) electrons. The summed E-state index contributed by atoms with van der Waals surface area (Å²) in [6, 6.07) is 0.388. The highest BCUT2D eigenvalue weighted by Gasteiger charge is 2.21. The van der Waals surface area contributed by atoms with Crippen LogP contribution in [0.2, 0.25) is 0 Å². The third-order valence-electron chi connectivity index (χ3n) is 5.18. The average molecular weight is 393 g/mol. The molecule has 26 heavy (non-hydrogen) atoms. The molecule has 2 atom stereocenters. The van der Waals surface area contributed by atoms with Gasteiger partial charge in [-0.05, 0) is 51.6 Å². The number of hydrogen-bond acceptors (Lipinski definition) is 6. The Morgan fingerprint density at radius 3 is 3.04 bits per heavy atom. The highest BCUT2D eigenvalue weighted by Crippen LogP contribution is 2.34. The molecule has 0 saturated carbocycles. The number of aryl methyl sites for hydroxylation is 2. The Balaban J connectivity index is 1.51. The molecule has 2 aromatic heterocycles. The first kappa shape index (κ1) is 19.6. The summed E-state index contributed by atoms with van der Waals surface area (Å²) in [5.74, 6) is 1.22. The van der Waals surface area contributed by atoms with Gasteiger partial charge in [-0.25, -0.2) is 9.97 Å². The molecule has 0 spiro atoms. The van der Waals surface area contributed by atoms with E-state index in [-0.39, 0.29) is 5.91 Å². The Hall–Kier alpha value is -1.18. The summed E-state index contributed by atoms with van der Waals surface area (Å²) >= 11 is 3.19. The predicted molar refractivity (Wildman–Crippen MR) is 110 cm³/mol. The number of carbonyl (C=O) groups excluding carboxylic acids is 1. The van der Waals surface area contributed by atoms with Gasteiger partial charge >= 0.3 is 0 Å². The average Bonchev–Trinajstić information content (AvgIpc) is 2.92. The third kappa shape index (κ3) is 4.56. The van der Waals surface area contributed by atoms with E-state index < -0.39 is 0 Å². The van der Waals surface area contributed by atoms with Gasteiger partial charge in [-0.3, -0.25) is 9.69 Å². The first-order chi connectivity index (χ1) is 12.5. The molecule has 1 aliphatic rings. The molecule has 1 aliphatic heterocycles. The number of aromatic nitrogens is 2. The molecule has 2 aromatic rings. The minimum Gasteiger partial charge on any atom is -0.354 e. The van der Waals surface area contributed by atoms with Crippen molar-refractivity contribution >= 4 is 39.2 Å². The van der Waals surface area contributed by atoms with Crippen molar-refractivity contribution in [1.82, 2.24) is 20.2 Å². The maximum absolute atomic E-state index is 12.3. The van der Waals surface area contributed by atoms with Crippen LogP contribution in [-0.2, 0) is 4.79 Å². The van der Waals surface area contributed by atoms with E-state index in [2.05, 4.69) is 47.9 Å². The fourth-order valence-electron chi connectivity index (χ4n) is 3.46. The minimum absolute atomic E-state index is 0.0725. The van der Waals surface area contributed by atoms with E-state index in [0.29, 0.717) is 18.3 Å². The van der Waals surface area contributed by atoms with E-state index in [9.17, 15) is 4.79 Å². The van der Waals surface area contributed by atoms with Crippen LogP contribution in [0.5, 0.6) is 0 Å². The van der Waals surface area contributed by atoms with Crippen molar-refractivity contribution in [3.8, 4) is 0 Å². The molecule has 1 saturated heterocycles.